The molecule has 2 nitrogen and oxygen atoms in total. The van der Waals surface area contributed by atoms with Crippen LogP contribution < -0.4 is 0 Å². The molecule has 15 heavy (non-hydrogen) atoms. The molecule has 0 amide bonds. The first-order chi connectivity index (χ1) is 7.22. The summed E-state index contributed by atoms with van der Waals surface area (Å²) in [6, 6.07) is 8.60. The predicted octanol–water partition coefficient (Wildman–Crippen LogP) is 3.41. The second kappa shape index (κ2) is 4.19. The van der Waals surface area contributed by atoms with Crippen LogP contribution in [-0.4, -0.2) is 9.78 Å². The lowest BCUT2D eigenvalue weighted by Gasteiger charge is -2.01. The Bertz CT molecular complexity index is 457. The van der Waals surface area contributed by atoms with Crippen molar-refractivity contribution in [2.45, 2.75) is 13.3 Å². The first-order valence-electron chi connectivity index (χ1n) is 4.99. The minimum absolute atomic E-state index is 1.02. The molecule has 0 saturated carbocycles. The van der Waals surface area contributed by atoms with Gasteiger partial charge in [0.15, 0.2) is 0 Å². The zero-order valence-electron chi connectivity index (χ0n) is 8.87. The van der Waals surface area contributed by atoms with Gasteiger partial charge >= 0.3 is 0 Å². The minimum Gasteiger partial charge on any atom is -0.261 e. The highest BCUT2D eigenvalue weighted by Crippen LogP contribution is 2.27. The molecule has 2 aromatic rings. The standard InChI is InChI=1S/C12H13BrN2/c1-3-9-4-6-10(7-5-9)11-8-14-15(2)12(11)13/h4-8H,3H2,1-2H3. The van der Waals surface area contributed by atoms with Gasteiger partial charge in [-0.25, -0.2) is 0 Å². The summed E-state index contributed by atoms with van der Waals surface area (Å²) in [5.41, 5.74) is 3.70. The maximum atomic E-state index is 4.20. The molecule has 0 aliphatic heterocycles. The summed E-state index contributed by atoms with van der Waals surface area (Å²) in [5, 5.41) is 4.20. The monoisotopic (exact) mass is 264 g/mol. The van der Waals surface area contributed by atoms with Crippen LogP contribution >= 0.6 is 15.9 Å². The van der Waals surface area contributed by atoms with Gasteiger partial charge < -0.3 is 0 Å². The number of nitrogens with zero attached hydrogens (tertiary/aromatic N) is 2. The highest BCUT2D eigenvalue weighted by Gasteiger charge is 2.06. The molecule has 0 atom stereocenters. The average molecular weight is 265 g/mol. The van der Waals surface area contributed by atoms with E-state index >= 15 is 0 Å². The molecule has 1 heterocycles. The summed E-state index contributed by atoms with van der Waals surface area (Å²) in [6.07, 6.45) is 2.96. The third-order valence-electron chi connectivity index (χ3n) is 2.54. The Labute approximate surface area is 98.1 Å². The van der Waals surface area contributed by atoms with Crippen molar-refractivity contribution in [2.75, 3.05) is 0 Å². The summed E-state index contributed by atoms with van der Waals surface area (Å²) in [6.45, 7) is 2.16. The Morgan fingerprint density at radius 1 is 1.27 bits per heavy atom. The number of rotatable bonds is 2. The lowest BCUT2D eigenvalue weighted by Crippen LogP contribution is -1.88. The fourth-order valence-corrected chi connectivity index (χ4v) is 1.96. The fourth-order valence-electron chi connectivity index (χ4n) is 1.54. The number of hydrogen-bond acceptors (Lipinski definition) is 1. The third kappa shape index (κ3) is 1.97. The van der Waals surface area contributed by atoms with Crippen molar-refractivity contribution in [1.29, 1.82) is 0 Å². The van der Waals surface area contributed by atoms with Gasteiger partial charge in [-0.1, -0.05) is 31.2 Å². The zero-order chi connectivity index (χ0) is 10.8. The van der Waals surface area contributed by atoms with E-state index in [2.05, 4.69) is 52.2 Å². The number of halogens is 1. The Kier molecular flexibility index (Phi) is 2.91. The largest absolute Gasteiger partial charge is 0.261 e. The lowest BCUT2D eigenvalue weighted by molar-refractivity contribution is 0.750. The SMILES string of the molecule is CCc1ccc(-c2cnn(C)c2Br)cc1. The maximum Gasteiger partial charge on any atom is 0.111 e. The highest BCUT2D eigenvalue weighted by molar-refractivity contribution is 9.10. The minimum atomic E-state index is 1.02. The van der Waals surface area contributed by atoms with Crippen LogP contribution in [0.3, 0.4) is 0 Å². The second-order valence-corrected chi connectivity index (χ2v) is 4.27. The molecule has 0 fully saturated rings. The third-order valence-corrected chi connectivity index (χ3v) is 3.48. The van der Waals surface area contributed by atoms with E-state index in [0.717, 1.165) is 16.6 Å². The summed E-state index contributed by atoms with van der Waals surface area (Å²) in [5.74, 6) is 0. The molecule has 3 heteroatoms. The van der Waals surface area contributed by atoms with Gasteiger partial charge in [0.2, 0.25) is 0 Å². The van der Waals surface area contributed by atoms with Crippen LogP contribution in [0.25, 0.3) is 11.1 Å². The van der Waals surface area contributed by atoms with Crippen molar-refractivity contribution >= 4 is 15.9 Å². The molecule has 0 aliphatic rings. The number of aromatic nitrogens is 2. The summed E-state index contributed by atoms with van der Waals surface area (Å²) in [7, 11) is 1.92. The summed E-state index contributed by atoms with van der Waals surface area (Å²) >= 11 is 3.52. The quantitative estimate of drug-likeness (QED) is 0.813. The molecule has 1 aromatic heterocycles. The number of benzene rings is 1. The van der Waals surface area contributed by atoms with E-state index in [4.69, 9.17) is 0 Å². The van der Waals surface area contributed by atoms with Gasteiger partial charge in [-0.05, 0) is 33.5 Å². The van der Waals surface area contributed by atoms with Crippen molar-refractivity contribution in [2.24, 2.45) is 7.05 Å². The van der Waals surface area contributed by atoms with Gasteiger partial charge in [0.25, 0.3) is 0 Å². The van der Waals surface area contributed by atoms with Crippen LogP contribution in [0.15, 0.2) is 35.1 Å². The highest BCUT2D eigenvalue weighted by atomic mass is 79.9. The summed E-state index contributed by atoms with van der Waals surface area (Å²) < 4.78 is 2.84. The van der Waals surface area contributed by atoms with Crippen molar-refractivity contribution in [3.05, 3.63) is 40.6 Å². The molecule has 2 rings (SSSR count). The van der Waals surface area contributed by atoms with Crippen molar-refractivity contribution in [1.82, 2.24) is 9.78 Å². The molecule has 0 spiro atoms. The summed E-state index contributed by atoms with van der Waals surface area (Å²) in [4.78, 5) is 0. The van der Waals surface area contributed by atoms with E-state index in [0.29, 0.717) is 0 Å². The van der Waals surface area contributed by atoms with Gasteiger partial charge in [0, 0.05) is 12.6 Å². The van der Waals surface area contributed by atoms with Gasteiger partial charge in [0.1, 0.15) is 4.60 Å². The van der Waals surface area contributed by atoms with Crippen LogP contribution in [-0.2, 0) is 13.5 Å². The van der Waals surface area contributed by atoms with Gasteiger partial charge in [-0.15, -0.1) is 0 Å². The Hall–Kier alpha value is -1.09. The molecular weight excluding hydrogens is 252 g/mol. The lowest BCUT2D eigenvalue weighted by atomic mass is 10.1. The molecule has 0 unspecified atom stereocenters. The van der Waals surface area contributed by atoms with Gasteiger partial charge in [-0.2, -0.15) is 5.10 Å². The maximum absolute atomic E-state index is 4.20. The van der Waals surface area contributed by atoms with Gasteiger partial charge in [0.05, 0.1) is 6.20 Å². The molecule has 0 saturated heterocycles. The normalized spacial score (nSPS) is 10.6. The van der Waals surface area contributed by atoms with E-state index in [9.17, 15) is 0 Å². The first kappa shape index (κ1) is 10.4. The molecule has 0 N–H and O–H groups in total. The van der Waals surface area contributed by atoms with Crippen LogP contribution in [0, 0.1) is 0 Å². The van der Waals surface area contributed by atoms with Gasteiger partial charge in [-0.3, -0.25) is 4.68 Å². The van der Waals surface area contributed by atoms with Crippen molar-refractivity contribution in [3.63, 3.8) is 0 Å². The predicted molar refractivity (Wildman–Crippen MR) is 65.7 cm³/mol. The number of aryl methyl sites for hydroxylation is 2. The molecular formula is C12H13BrN2. The zero-order valence-corrected chi connectivity index (χ0v) is 10.5. The van der Waals surface area contributed by atoms with E-state index in [-0.39, 0.29) is 0 Å². The van der Waals surface area contributed by atoms with E-state index in [1.807, 2.05) is 17.9 Å². The Balaban J connectivity index is 2.41. The van der Waals surface area contributed by atoms with E-state index in [1.54, 1.807) is 0 Å². The van der Waals surface area contributed by atoms with Crippen molar-refractivity contribution in [3.8, 4) is 11.1 Å². The van der Waals surface area contributed by atoms with Crippen LogP contribution in [0.1, 0.15) is 12.5 Å². The molecule has 0 bridgehead atoms. The first-order valence-corrected chi connectivity index (χ1v) is 5.78. The fraction of sp³-hybridized carbons (Fsp3) is 0.250. The van der Waals surface area contributed by atoms with E-state index in [1.165, 1.54) is 11.1 Å². The van der Waals surface area contributed by atoms with E-state index < -0.39 is 0 Å². The molecule has 78 valence electrons. The average Bonchev–Trinajstić information content (AvgIpc) is 2.60. The molecule has 0 radical (unpaired) electrons. The smallest absolute Gasteiger partial charge is 0.111 e. The second-order valence-electron chi connectivity index (χ2n) is 3.52. The molecule has 0 aliphatic carbocycles. The Morgan fingerprint density at radius 3 is 2.40 bits per heavy atom. The van der Waals surface area contributed by atoms with Crippen LogP contribution in [0.2, 0.25) is 0 Å². The number of hydrogen-bond donors (Lipinski definition) is 0. The van der Waals surface area contributed by atoms with Crippen molar-refractivity contribution < 1.29 is 0 Å². The molecule has 1 aromatic carbocycles. The van der Waals surface area contributed by atoms with Crippen LogP contribution in [0.4, 0.5) is 0 Å². The van der Waals surface area contributed by atoms with Crippen LogP contribution in [0.5, 0.6) is 0 Å². The topological polar surface area (TPSA) is 17.8 Å². The Morgan fingerprint density at radius 2 is 1.93 bits per heavy atom.